The van der Waals surface area contributed by atoms with Gasteiger partial charge in [-0.05, 0) is 85.3 Å². The molecule has 1 aromatic carbocycles. The molecule has 0 bridgehead atoms. The van der Waals surface area contributed by atoms with Crippen LogP contribution >= 0.6 is 0 Å². The lowest BCUT2D eigenvalue weighted by molar-refractivity contribution is -0.198. The van der Waals surface area contributed by atoms with Crippen LogP contribution in [-0.4, -0.2) is 37.5 Å². The molecule has 0 heterocycles. The maximum atomic E-state index is 13.3. The number of carbonyl (C=O) groups is 3. The SMILES string of the molecule is CNc1ccc(C2C[C@@]3(C)C(CCC3(OC(C)=O)C(=O)OC)C3CCC4=CC(=O)CCC4=C23)cc1. The maximum Gasteiger partial charge on any atom is 0.350 e. The summed E-state index contributed by atoms with van der Waals surface area (Å²) in [4.78, 5) is 37.8. The van der Waals surface area contributed by atoms with E-state index in [1.165, 1.54) is 36.3 Å². The molecule has 6 nitrogen and oxygen atoms in total. The Balaban J connectivity index is 1.69. The van der Waals surface area contributed by atoms with Crippen molar-refractivity contribution < 1.29 is 23.9 Å². The zero-order valence-corrected chi connectivity index (χ0v) is 21.1. The fraction of sp³-hybridized carbons (Fsp3) is 0.552. The highest BCUT2D eigenvalue weighted by molar-refractivity contribution is 5.93. The predicted octanol–water partition coefficient (Wildman–Crippen LogP) is 5.10. The van der Waals surface area contributed by atoms with Crippen LogP contribution in [0.3, 0.4) is 0 Å². The van der Waals surface area contributed by atoms with Gasteiger partial charge in [-0.2, -0.15) is 0 Å². The van der Waals surface area contributed by atoms with Crippen LogP contribution in [0.25, 0.3) is 0 Å². The average molecular weight is 478 g/mol. The molecular formula is C29H35NO5. The van der Waals surface area contributed by atoms with E-state index in [4.69, 9.17) is 9.47 Å². The molecule has 0 aliphatic heterocycles. The number of methoxy groups -OCH3 is 1. The van der Waals surface area contributed by atoms with Crippen molar-refractivity contribution in [3.05, 3.63) is 52.6 Å². The minimum absolute atomic E-state index is 0.0803. The summed E-state index contributed by atoms with van der Waals surface area (Å²) in [5, 5.41) is 3.19. The molecule has 2 fully saturated rings. The Hall–Kier alpha value is -2.89. The van der Waals surface area contributed by atoms with Crippen LogP contribution in [-0.2, 0) is 23.9 Å². The van der Waals surface area contributed by atoms with Gasteiger partial charge in [0.1, 0.15) is 0 Å². The molecule has 186 valence electrons. The fourth-order valence-corrected chi connectivity index (χ4v) is 7.78. The van der Waals surface area contributed by atoms with Crippen molar-refractivity contribution in [2.45, 2.75) is 70.3 Å². The number of carbonyl (C=O) groups excluding carboxylic acids is 3. The lowest BCUT2D eigenvalue weighted by atomic mass is 9.51. The van der Waals surface area contributed by atoms with Gasteiger partial charge in [0, 0.05) is 37.4 Å². The van der Waals surface area contributed by atoms with E-state index in [2.05, 4.69) is 36.5 Å². The monoisotopic (exact) mass is 477 g/mol. The van der Waals surface area contributed by atoms with Gasteiger partial charge < -0.3 is 14.8 Å². The van der Waals surface area contributed by atoms with E-state index in [1.807, 2.05) is 13.1 Å². The maximum absolute atomic E-state index is 13.3. The molecule has 4 aliphatic carbocycles. The Kier molecular flexibility index (Phi) is 5.89. The zero-order valence-electron chi connectivity index (χ0n) is 21.1. The highest BCUT2D eigenvalue weighted by Gasteiger charge is 2.69. The smallest absolute Gasteiger partial charge is 0.350 e. The first-order valence-electron chi connectivity index (χ1n) is 12.8. The molecule has 35 heavy (non-hydrogen) atoms. The number of ketones is 1. The highest BCUT2D eigenvalue weighted by atomic mass is 16.6. The third-order valence-corrected chi connectivity index (χ3v) is 9.29. The minimum Gasteiger partial charge on any atom is -0.466 e. The van der Waals surface area contributed by atoms with Gasteiger partial charge in [0.05, 0.1) is 7.11 Å². The standard InChI is InChI=1S/C29H35NO5/c1-17(31)35-29(27(33)34-4)14-13-25-23-11-7-19-15-21(32)10-12-22(19)26(23)24(16-28(25,29)2)18-5-8-20(30-3)9-6-18/h5-6,8-9,15,23-25,30H,7,10-14,16H2,1-4H3/t23?,24?,25?,28-,29?/m0/s1. The molecular weight excluding hydrogens is 442 g/mol. The van der Waals surface area contributed by atoms with Gasteiger partial charge in [-0.15, -0.1) is 0 Å². The summed E-state index contributed by atoms with van der Waals surface area (Å²) >= 11 is 0. The molecule has 1 N–H and O–H groups in total. The summed E-state index contributed by atoms with van der Waals surface area (Å²) in [5.41, 5.74) is 4.40. The molecule has 0 aromatic heterocycles. The summed E-state index contributed by atoms with van der Waals surface area (Å²) in [6.07, 6.45) is 7.01. The average Bonchev–Trinajstić information content (AvgIpc) is 3.14. The van der Waals surface area contributed by atoms with Crippen molar-refractivity contribution in [1.29, 1.82) is 0 Å². The Morgan fingerprint density at radius 1 is 1.09 bits per heavy atom. The Bertz CT molecular complexity index is 1130. The van der Waals surface area contributed by atoms with Gasteiger partial charge in [-0.1, -0.05) is 24.6 Å². The first-order valence-corrected chi connectivity index (χ1v) is 12.8. The van der Waals surface area contributed by atoms with E-state index >= 15 is 0 Å². The molecule has 5 atom stereocenters. The second kappa shape index (κ2) is 8.65. The van der Waals surface area contributed by atoms with Crippen LogP contribution < -0.4 is 5.32 Å². The van der Waals surface area contributed by atoms with Crippen molar-refractivity contribution in [2.24, 2.45) is 17.3 Å². The van der Waals surface area contributed by atoms with E-state index in [0.717, 1.165) is 31.4 Å². The van der Waals surface area contributed by atoms with Gasteiger partial charge in [0.2, 0.25) is 5.60 Å². The van der Waals surface area contributed by atoms with Gasteiger partial charge in [0.25, 0.3) is 0 Å². The van der Waals surface area contributed by atoms with Crippen LogP contribution in [0.5, 0.6) is 0 Å². The number of fused-ring (bicyclic) bond motifs is 4. The Labute approximate surface area is 207 Å². The van der Waals surface area contributed by atoms with Crippen LogP contribution in [0.15, 0.2) is 47.1 Å². The molecule has 0 saturated heterocycles. The number of rotatable bonds is 4. The molecule has 6 heteroatoms. The summed E-state index contributed by atoms with van der Waals surface area (Å²) in [5.74, 6) is -0.107. The largest absolute Gasteiger partial charge is 0.466 e. The van der Waals surface area contributed by atoms with Gasteiger partial charge in [-0.3, -0.25) is 9.59 Å². The van der Waals surface area contributed by atoms with Gasteiger partial charge >= 0.3 is 11.9 Å². The van der Waals surface area contributed by atoms with Crippen molar-refractivity contribution in [2.75, 3.05) is 19.5 Å². The molecule has 0 radical (unpaired) electrons. The third-order valence-electron chi connectivity index (χ3n) is 9.29. The summed E-state index contributed by atoms with van der Waals surface area (Å²) < 4.78 is 11.2. The number of hydrogen-bond acceptors (Lipinski definition) is 6. The lowest BCUT2D eigenvalue weighted by Crippen LogP contribution is -2.58. The highest BCUT2D eigenvalue weighted by Crippen LogP contribution is 2.67. The zero-order chi connectivity index (χ0) is 25.0. The van der Waals surface area contributed by atoms with Crippen molar-refractivity contribution in [3.8, 4) is 0 Å². The van der Waals surface area contributed by atoms with E-state index in [1.54, 1.807) is 0 Å². The first-order chi connectivity index (χ1) is 16.7. The quantitative estimate of drug-likeness (QED) is 0.608. The van der Waals surface area contributed by atoms with E-state index in [9.17, 15) is 14.4 Å². The summed E-state index contributed by atoms with van der Waals surface area (Å²) in [6, 6.07) is 8.50. The third kappa shape index (κ3) is 3.56. The van der Waals surface area contributed by atoms with Crippen LogP contribution in [0, 0.1) is 17.3 Å². The molecule has 1 aromatic rings. The lowest BCUT2D eigenvalue weighted by Gasteiger charge is -2.54. The molecule has 4 aliphatic rings. The molecule has 5 rings (SSSR count). The molecule has 4 unspecified atom stereocenters. The number of ether oxygens (including phenoxy) is 2. The minimum atomic E-state index is -1.28. The normalized spacial score (nSPS) is 33.8. The van der Waals surface area contributed by atoms with Crippen molar-refractivity contribution in [1.82, 2.24) is 0 Å². The number of nitrogens with one attached hydrogen (secondary N) is 1. The van der Waals surface area contributed by atoms with Crippen molar-refractivity contribution in [3.63, 3.8) is 0 Å². The molecule has 2 saturated carbocycles. The summed E-state index contributed by atoms with van der Waals surface area (Å²) in [6.45, 7) is 3.51. The Morgan fingerprint density at radius 2 is 1.83 bits per heavy atom. The topological polar surface area (TPSA) is 81.7 Å². The second-order valence-electron chi connectivity index (χ2n) is 10.8. The number of allylic oxidation sites excluding steroid dienone is 4. The van der Waals surface area contributed by atoms with Crippen molar-refractivity contribution >= 4 is 23.4 Å². The van der Waals surface area contributed by atoms with E-state index < -0.39 is 23.0 Å². The van der Waals surface area contributed by atoms with E-state index in [-0.39, 0.29) is 23.5 Å². The number of anilines is 1. The second-order valence-corrected chi connectivity index (χ2v) is 10.8. The fourth-order valence-electron chi connectivity index (χ4n) is 7.78. The van der Waals surface area contributed by atoms with E-state index in [0.29, 0.717) is 19.3 Å². The predicted molar refractivity (Wildman–Crippen MR) is 133 cm³/mol. The first kappa shape index (κ1) is 23.8. The van der Waals surface area contributed by atoms with Crippen LogP contribution in [0.4, 0.5) is 5.69 Å². The Morgan fingerprint density at radius 3 is 2.49 bits per heavy atom. The summed E-state index contributed by atoms with van der Waals surface area (Å²) in [7, 11) is 3.28. The molecule has 0 amide bonds. The van der Waals surface area contributed by atoms with Crippen LogP contribution in [0.1, 0.15) is 70.3 Å². The number of esters is 2. The van der Waals surface area contributed by atoms with Gasteiger partial charge in [-0.25, -0.2) is 4.79 Å². The molecule has 0 spiro atoms. The number of hydrogen-bond donors (Lipinski definition) is 1. The van der Waals surface area contributed by atoms with Gasteiger partial charge in [0.15, 0.2) is 5.78 Å². The number of benzene rings is 1. The van der Waals surface area contributed by atoms with Crippen LogP contribution in [0.2, 0.25) is 0 Å².